The number of hydrogen-bond donors (Lipinski definition) is 2. The maximum atomic E-state index is 10.2. The molecule has 0 saturated carbocycles. The number of rotatable bonds is 15. The maximum absolute atomic E-state index is 10.2. The Bertz CT molecular complexity index is 449. The molecule has 0 aliphatic carbocycles. The first-order chi connectivity index (χ1) is 13.1. The molecule has 0 radical (unpaired) electrons. The van der Waals surface area contributed by atoms with E-state index in [9.17, 15) is 10.2 Å². The predicted molar refractivity (Wildman–Crippen MR) is 124 cm³/mol. The van der Waals surface area contributed by atoms with Crippen LogP contribution in [0.1, 0.15) is 98.8 Å². The quantitative estimate of drug-likeness (QED) is 0.189. The summed E-state index contributed by atoms with van der Waals surface area (Å²) in [6, 6.07) is 0. The van der Waals surface area contributed by atoms with Crippen LogP contribution in [0.2, 0.25) is 18.1 Å². The van der Waals surface area contributed by atoms with E-state index in [1.165, 1.54) is 38.5 Å². The highest BCUT2D eigenvalue weighted by Gasteiger charge is 2.43. The third kappa shape index (κ3) is 11.0. The molecule has 0 aliphatic rings. The van der Waals surface area contributed by atoms with Crippen LogP contribution in [0.25, 0.3) is 0 Å². The lowest BCUT2D eigenvalue weighted by molar-refractivity contribution is 0.00936. The van der Waals surface area contributed by atoms with Gasteiger partial charge in [0.15, 0.2) is 8.32 Å². The molecular weight excluding hydrogens is 364 g/mol. The van der Waals surface area contributed by atoms with Crippen molar-refractivity contribution >= 4 is 8.32 Å². The normalized spacial score (nSPS) is 14.6. The predicted octanol–water partition coefficient (Wildman–Crippen LogP) is 6.29. The molecule has 0 amide bonds. The smallest absolute Gasteiger partial charge is 0.192 e. The van der Waals surface area contributed by atoms with Gasteiger partial charge in [-0.1, -0.05) is 73.1 Å². The van der Waals surface area contributed by atoms with Crippen molar-refractivity contribution in [3.63, 3.8) is 0 Å². The average Bonchev–Trinajstić information content (AvgIpc) is 2.62. The van der Waals surface area contributed by atoms with Crippen molar-refractivity contribution in [1.29, 1.82) is 0 Å². The first-order valence-electron chi connectivity index (χ1n) is 11.5. The van der Waals surface area contributed by atoms with Gasteiger partial charge in [-0.05, 0) is 36.9 Å². The van der Waals surface area contributed by atoms with Crippen molar-refractivity contribution in [1.82, 2.24) is 0 Å². The molecule has 166 valence electrons. The third-order valence-electron chi connectivity index (χ3n) is 6.66. The maximum Gasteiger partial charge on any atom is 0.192 e. The molecule has 2 atom stereocenters. The van der Waals surface area contributed by atoms with Gasteiger partial charge in [-0.25, -0.2) is 0 Å². The van der Waals surface area contributed by atoms with Crippen LogP contribution in [0.15, 0.2) is 0 Å². The van der Waals surface area contributed by atoms with Gasteiger partial charge >= 0.3 is 0 Å². The Labute approximate surface area is 176 Å². The van der Waals surface area contributed by atoms with Gasteiger partial charge in [0.1, 0.15) is 0 Å². The van der Waals surface area contributed by atoms with Gasteiger partial charge in [0, 0.05) is 19.4 Å². The fourth-order valence-corrected chi connectivity index (χ4v) is 5.47. The molecule has 0 unspecified atom stereocenters. The average molecular weight is 413 g/mol. The summed E-state index contributed by atoms with van der Waals surface area (Å²) in [5.41, 5.74) is 0. The minimum absolute atomic E-state index is 0.165. The first kappa shape index (κ1) is 27.7. The van der Waals surface area contributed by atoms with Gasteiger partial charge in [-0.2, -0.15) is 0 Å². The topological polar surface area (TPSA) is 49.7 Å². The Hall–Kier alpha value is -0.343. The zero-order chi connectivity index (χ0) is 21.6. The molecule has 0 spiro atoms. The Balaban J connectivity index is 3.98. The first-order valence-corrected chi connectivity index (χ1v) is 14.4. The molecule has 0 saturated heterocycles. The molecule has 0 fully saturated rings. The van der Waals surface area contributed by atoms with E-state index in [1.807, 2.05) is 0 Å². The molecule has 3 nitrogen and oxygen atoms in total. The molecule has 28 heavy (non-hydrogen) atoms. The Morgan fingerprint density at radius 1 is 0.893 bits per heavy atom. The van der Waals surface area contributed by atoms with Gasteiger partial charge < -0.3 is 14.6 Å². The molecule has 0 bridgehead atoms. The summed E-state index contributed by atoms with van der Waals surface area (Å²) in [4.78, 5) is 0. The molecule has 0 heterocycles. The third-order valence-corrected chi connectivity index (χ3v) is 11.3. The van der Waals surface area contributed by atoms with E-state index in [1.54, 1.807) is 0 Å². The summed E-state index contributed by atoms with van der Waals surface area (Å²) < 4.78 is 6.21. The van der Waals surface area contributed by atoms with Crippen LogP contribution in [-0.4, -0.2) is 37.3 Å². The monoisotopic (exact) mass is 412 g/mol. The lowest BCUT2D eigenvalue weighted by atomic mass is 9.99. The van der Waals surface area contributed by atoms with E-state index in [2.05, 4.69) is 59.6 Å². The van der Waals surface area contributed by atoms with Crippen molar-refractivity contribution in [2.24, 2.45) is 5.92 Å². The van der Waals surface area contributed by atoms with Crippen molar-refractivity contribution in [3.8, 4) is 11.8 Å². The van der Waals surface area contributed by atoms with Gasteiger partial charge in [-0.3, -0.25) is 0 Å². The van der Waals surface area contributed by atoms with E-state index >= 15 is 0 Å². The number of hydrogen-bond acceptors (Lipinski definition) is 3. The van der Waals surface area contributed by atoms with Crippen LogP contribution in [0.5, 0.6) is 0 Å². The molecule has 0 aromatic carbocycles. The second-order valence-electron chi connectivity index (χ2n) is 9.59. The van der Waals surface area contributed by atoms with Gasteiger partial charge in [0.2, 0.25) is 0 Å². The Morgan fingerprint density at radius 3 is 2.04 bits per heavy atom. The van der Waals surface area contributed by atoms with E-state index in [0.29, 0.717) is 25.4 Å². The van der Waals surface area contributed by atoms with Crippen LogP contribution in [0.3, 0.4) is 0 Å². The zero-order valence-electron chi connectivity index (χ0n) is 19.8. The fourth-order valence-electron chi connectivity index (χ4n) is 3.08. The van der Waals surface area contributed by atoms with Crippen molar-refractivity contribution < 1.29 is 14.6 Å². The van der Waals surface area contributed by atoms with E-state index in [0.717, 1.165) is 12.8 Å². The van der Waals surface area contributed by atoms with Crippen LogP contribution >= 0.6 is 0 Å². The second kappa shape index (κ2) is 14.6. The van der Waals surface area contributed by atoms with Crippen LogP contribution in [0, 0.1) is 17.8 Å². The van der Waals surface area contributed by atoms with Crippen molar-refractivity contribution in [3.05, 3.63) is 0 Å². The summed E-state index contributed by atoms with van der Waals surface area (Å²) in [6.45, 7) is 16.2. The molecular formula is C24H48O3Si. The summed E-state index contributed by atoms with van der Waals surface area (Å²) in [6.07, 6.45) is 9.16. The number of unbranched alkanes of at least 4 members (excludes halogenated alkanes) is 7. The molecule has 4 heteroatoms. The SMILES string of the molecule is CCCCCCCCCC#CC[C@H](O)[C@H](O)CCO[Si](C)(C)C(C)(C)C(C)C. The zero-order valence-corrected chi connectivity index (χ0v) is 20.8. The lowest BCUT2D eigenvalue weighted by Gasteiger charge is -2.42. The van der Waals surface area contributed by atoms with E-state index in [4.69, 9.17) is 4.43 Å². The molecule has 0 aliphatic heterocycles. The van der Waals surface area contributed by atoms with Crippen LogP contribution in [0.4, 0.5) is 0 Å². The second-order valence-corrected chi connectivity index (χ2v) is 14.2. The standard InChI is InChI=1S/C24H48O3Si/c1-8-9-10-11-12-13-14-15-16-17-18-22(25)23(26)19-20-27-28(6,7)24(4,5)21(2)3/h21-23,25-26H,8-15,18-20H2,1-7H3/t22-,23+/m0/s1. The number of aliphatic hydroxyl groups excluding tert-OH is 2. The molecule has 2 N–H and O–H groups in total. The molecule has 0 rings (SSSR count). The largest absolute Gasteiger partial charge is 0.417 e. The molecule has 0 aromatic rings. The highest BCUT2D eigenvalue weighted by atomic mass is 28.4. The van der Waals surface area contributed by atoms with E-state index < -0.39 is 20.5 Å². The Morgan fingerprint density at radius 2 is 1.46 bits per heavy atom. The van der Waals surface area contributed by atoms with Gasteiger partial charge in [0.05, 0.1) is 12.2 Å². The van der Waals surface area contributed by atoms with Crippen LogP contribution < -0.4 is 0 Å². The summed E-state index contributed by atoms with van der Waals surface area (Å²) in [5, 5.41) is 20.5. The highest BCUT2D eigenvalue weighted by molar-refractivity contribution is 6.74. The fraction of sp³-hybridized carbons (Fsp3) is 0.917. The minimum Gasteiger partial charge on any atom is -0.417 e. The van der Waals surface area contributed by atoms with Crippen LogP contribution in [-0.2, 0) is 4.43 Å². The minimum atomic E-state index is -1.87. The lowest BCUT2D eigenvalue weighted by Crippen LogP contribution is -2.45. The number of aliphatic hydroxyl groups is 2. The van der Waals surface area contributed by atoms with Gasteiger partial charge in [0.25, 0.3) is 0 Å². The summed E-state index contributed by atoms with van der Waals surface area (Å²) >= 11 is 0. The van der Waals surface area contributed by atoms with Gasteiger partial charge in [-0.15, -0.1) is 11.8 Å². The van der Waals surface area contributed by atoms with Crippen molar-refractivity contribution in [2.75, 3.05) is 6.61 Å². The molecule has 0 aromatic heterocycles. The summed E-state index contributed by atoms with van der Waals surface area (Å²) in [7, 11) is -1.87. The Kier molecular flexibility index (Phi) is 14.4. The van der Waals surface area contributed by atoms with Crippen molar-refractivity contribution in [2.45, 2.75) is 129 Å². The summed E-state index contributed by atoms with van der Waals surface area (Å²) in [5.74, 6) is 6.72. The van der Waals surface area contributed by atoms with E-state index in [-0.39, 0.29) is 5.04 Å². The highest BCUT2D eigenvalue weighted by Crippen LogP contribution is 2.44.